The van der Waals surface area contributed by atoms with E-state index >= 15 is 0 Å². The number of ketones is 2. The Morgan fingerprint density at radius 1 is 0.656 bits per heavy atom. The zero-order valence-corrected chi connectivity index (χ0v) is 37.8. The predicted octanol–water partition coefficient (Wildman–Crippen LogP) is 1.90. The van der Waals surface area contributed by atoms with Gasteiger partial charge in [0, 0.05) is 37.0 Å². The van der Waals surface area contributed by atoms with Gasteiger partial charge < -0.3 is 70.6 Å². The molecule has 64 heavy (non-hydrogen) atoms. The van der Waals surface area contributed by atoms with Gasteiger partial charge in [0.15, 0.2) is 23.6 Å². The van der Waals surface area contributed by atoms with Crippen LogP contribution in [0, 0.1) is 17.8 Å². The molecule has 16 nitrogen and oxygen atoms in total. The molecule has 2 bridgehead atoms. The Morgan fingerprint density at radius 2 is 1.22 bits per heavy atom. The van der Waals surface area contributed by atoms with Gasteiger partial charge in [-0.2, -0.15) is 0 Å². The Bertz CT molecular complexity index is 1630. The minimum absolute atomic E-state index is 0.0140. The van der Waals surface area contributed by atoms with Crippen LogP contribution in [0.1, 0.15) is 86.0 Å². The number of hydrogen-bond donors (Lipinski definition) is 10. The van der Waals surface area contributed by atoms with Crippen LogP contribution < -0.4 is 5.73 Å². The van der Waals surface area contributed by atoms with Gasteiger partial charge in [0.2, 0.25) is 0 Å². The summed E-state index contributed by atoms with van der Waals surface area (Å²) < 4.78 is 23.7. The zero-order valence-electron chi connectivity index (χ0n) is 37.8. The van der Waals surface area contributed by atoms with Crippen molar-refractivity contribution >= 4 is 11.6 Å². The molecule has 3 rings (SSSR count). The predicted molar refractivity (Wildman–Crippen MR) is 239 cm³/mol. The van der Waals surface area contributed by atoms with E-state index in [1.165, 1.54) is 0 Å². The van der Waals surface area contributed by atoms with Gasteiger partial charge in [-0.3, -0.25) is 9.59 Å². The van der Waals surface area contributed by atoms with Crippen molar-refractivity contribution in [1.82, 2.24) is 0 Å². The van der Waals surface area contributed by atoms with Crippen LogP contribution in [0.5, 0.6) is 0 Å². The van der Waals surface area contributed by atoms with Crippen LogP contribution in [0.2, 0.25) is 0 Å². The number of allylic oxidation sites excluding steroid dienone is 12. The molecule has 0 spiro atoms. The van der Waals surface area contributed by atoms with Crippen molar-refractivity contribution in [2.24, 2.45) is 23.5 Å². The van der Waals surface area contributed by atoms with Crippen LogP contribution >= 0.6 is 0 Å². The molecule has 18 atom stereocenters. The van der Waals surface area contributed by atoms with E-state index in [9.17, 15) is 55.5 Å². The number of carbonyl (C=O) groups is 2. The van der Waals surface area contributed by atoms with Crippen LogP contribution in [-0.2, 0) is 28.5 Å². The lowest BCUT2D eigenvalue weighted by atomic mass is 9.84. The van der Waals surface area contributed by atoms with E-state index in [0.717, 1.165) is 0 Å². The molecule has 0 aromatic carbocycles. The van der Waals surface area contributed by atoms with Crippen LogP contribution in [0.25, 0.3) is 0 Å². The number of ether oxygens (including phenoxy) is 4. The molecule has 6 unspecified atom stereocenters. The van der Waals surface area contributed by atoms with E-state index in [1.54, 1.807) is 51.2 Å². The summed E-state index contributed by atoms with van der Waals surface area (Å²) in [6.07, 6.45) is 9.35. The fourth-order valence-electron chi connectivity index (χ4n) is 7.80. The summed E-state index contributed by atoms with van der Waals surface area (Å²) in [4.78, 5) is 25.8. The Labute approximate surface area is 377 Å². The number of nitrogens with two attached hydrogens (primary N) is 1. The van der Waals surface area contributed by atoms with Gasteiger partial charge in [-0.15, -0.1) is 0 Å². The van der Waals surface area contributed by atoms with Crippen LogP contribution in [0.4, 0.5) is 0 Å². The highest BCUT2D eigenvalue weighted by Crippen LogP contribution is 2.37. The van der Waals surface area contributed by atoms with Crippen molar-refractivity contribution < 1.29 is 74.5 Å². The average Bonchev–Trinajstić information content (AvgIpc) is 3.23. The lowest BCUT2D eigenvalue weighted by Gasteiger charge is -2.45. The molecule has 0 aromatic rings. The summed E-state index contributed by atoms with van der Waals surface area (Å²) >= 11 is 0. The molecule has 362 valence electrons. The van der Waals surface area contributed by atoms with Crippen molar-refractivity contribution in [3.8, 4) is 0 Å². The lowest BCUT2D eigenvalue weighted by molar-refractivity contribution is -0.302. The second-order valence-electron chi connectivity index (χ2n) is 17.7. The van der Waals surface area contributed by atoms with Gasteiger partial charge in [0.25, 0.3) is 0 Å². The highest BCUT2D eigenvalue weighted by molar-refractivity contribution is 5.83. The largest absolute Gasteiger partial charge is 0.393 e. The first-order valence-electron chi connectivity index (χ1n) is 22.5. The van der Waals surface area contributed by atoms with Crippen molar-refractivity contribution in [3.63, 3.8) is 0 Å². The molecular formula is C48H75NO15. The van der Waals surface area contributed by atoms with E-state index in [4.69, 9.17) is 24.7 Å². The number of fused-ring (bicyclic) bond motifs is 2. The highest BCUT2D eigenvalue weighted by atomic mass is 16.7. The van der Waals surface area contributed by atoms with Crippen molar-refractivity contribution in [1.29, 1.82) is 0 Å². The summed E-state index contributed by atoms with van der Waals surface area (Å²) in [5.41, 5.74) is 6.05. The van der Waals surface area contributed by atoms with Crippen molar-refractivity contribution in [3.05, 3.63) is 85.1 Å². The molecule has 0 aromatic heterocycles. The summed E-state index contributed by atoms with van der Waals surface area (Å²) in [7, 11) is 0. The van der Waals surface area contributed by atoms with E-state index in [0.29, 0.717) is 0 Å². The maximum atomic E-state index is 13.2. The molecule has 3 aliphatic heterocycles. The summed E-state index contributed by atoms with van der Waals surface area (Å²) in [6.45, 7) is 8.46. The van der Waals surface area contributed by atoms with Gasteiger partial charge in [-0.25, -0.2) is 0 Å². The minimum atomic E-state index is -2.18. The monoisotopic (exact) mass is 906 g/mol. The number of Topliss-reactive ketones (excluding diaryl/α,β-unsaturated/α-hetero) is 2. The molecule has 11 N–H and O–H groups in total. The fourth-order valence-corrected chi connectivity index (χ4v) is 7.80. The van der Waals surface area contributed by atoms with E-state index in [1.807, 2.05) is 68.5 Å². The van der Waals surface area contributed by atoms with Crippen LogP contribution in [0.3, 0.4) is 0 Å². The number of aliphatic hydroxyl groups is 9. The quantitative estimate of drug-likeness (QED) is 0.190. The normalized spacial score (nSPS) is 45.3. The van der Waals surface area contributed by atoms with E-state index < -0.39 is 115 Å². The third-order valence-corrected chi connectivity index (χ3v) is 12.2. The maximum Gasteiger partial charge on any atom is 0.186 e. The number of aliphatic hydroxyl groups excluding tert-OH is 8. The molecule has 3 heterocycles. The second-order valence-corrected chi connectivity index (χ2v) is 17.7. The molecule has 0 saturated carbocycles. The highest BCUT2D eigenvalue weighted by Gasteiger charge is 2.47. The lowest BCUT2D eigenvalue weighted by Crippen LogP contribution is -2.61. The molecule has 0 amide bonds. The first-order valence-corrected chi connectivity index (χ1v) is 22.5. The molecule has 0 aliphatic carbocycles. The smallest absolute Gasteiger partial charge is 0.186 e. The van der Waals surface area contributed by atoms with Crippen molar-refractivity contribution in [2.75, 3.05) is 6.61 Å². The topological polar surface area (TPSA) is 279 Å². The standard InChI is InChI=1S/C48H75NO15/c1-29-18-16-14-12-10-8-6-7-9-11-13-15-17-19-38(63-47-46(59)43(49)45(58)33(5)62-47)25-42-31(3)40(55)26-48(60,64-42)27-41(56)39(54)21-20-34(50)22-35(51)23-36(52)24-37(53)28-61-32(4)30(2)44(29)57/h6-19,29-36,38-40,42-47,50-52,54-55,57-60H,20-28,49H2,1-5H3/b7-6+,10-8+,11-9+,14-12+,15-13+,18-16+,19-17+/t29-,30-,31+,32-,33?,34+,35+,36+,38-,39+,40-,42?,43?,44+,45?,46?,47?,48-/m0/s1. The molecule has 16 heteroatoms. The maximum absolute atomic E-state index is 13.2. The van der Waals surface area contributed by atoms with Gasteiger partial charge in [-0.05, 0) is 39.5 Å². The van der Waals surface area contributed by atoms with Crippen molar-refractivity contribution in [2.45, 2.75) is 177 Å². The summed E-state index contributed by atoms with van der Waals surface area (Å²) in [5.74, 6) is -4.47. The van der Waals surface area contributed by atoms with Gasteiger partial charge in [-0.1, -0.05) is 106 Å². The Morgan fingerprint density at radius 3 is 1.83 bits per heavy atom. The molecule has 3 aliphatic rings. The first-order chi connectivity index (χ1) is 30.2. The van der Waals surface area contributed by atoms with E-state index in [2.05, 4.69) is 0 Å². The number of hydrogen-bond acceptors (Lipinski definition) is 16. The van der Waals surface area contributed by atoms with Crippen LogP contribution in [0.15, 0.2) is 85.1 Å². The number of rotatable bonds is 2. The van der Waals surface area contributed by atoms with Gasteiger partial charge in [0.1, 0.15) is 18.8 Å². The van der Waals surface area contributed by atoms with Gasteiger partial charge in [0.05, 0.1) is 73.5 Å². The summed E-state index contributed by atoms with van der Waals surface area (Å²) in [6, 6.07) is -1.06. The van der Waals surface area contributed by atoms with Crippen LogP contribution in [-0.4, -0.2) is 155 Å². The zero-order chi connectivity index (χ0) is 47.6. The Hall–Kier alpha value is -3.04. The molecule has 2 saturated heterocycles. The third-order valence-electron chi connectivity index (χ3n) is 12.2. The molecule has 2 fully saturated rings. The third kappa shape index (κ3) is 18.7. The first kappa shape index (κ1) is 55.3. The Kier molecular flexibility index (Phi) is 23.8. The fraction of sp³-hybridized carbons (Fsp3) is 0.667. The van der Waals surface area contributed by atoms with Gasteiger partial charge >= 0.3 is 0 Å². The molecular weight excluding hydrogens is 831 g/mol. The minimum Gasteiger partial charge on any atom is -0.393 e. The Balaban J connectivity index is 1.80. The molecule has 0 radical (unpaired) electrons. The van der Waals surface area contributed by atoms with E-state index in [-0.39, 0.29) is 63.4 Å². The number of carbonyl (C=O) groups excluding carboxylic acids is 2. The SMILES string of the molecule is CC1OC(O[C@H]2/C=C/C=C/C=C/C=C/C=C/C=C/C=C/[C@H](C)[C@@H](O)[C@@H](C)[C@H](C)OCC(=O)C[C@H](O)C[C@H](O)C[C@H](O)CC[C@@H](O)C(=O)C[C@]3(O)C[C@H](O)[C@@H](C)C(C2)O3)C(O)C(N)C1O. The summed E-state index contributed by atoms with van der Waals surface area (Å²) in [5, 5.41) is 96.9. The average molecular weight is 906 g/mol. The second kappa shape index (κ2) is 27.6.